The second-order valence-electron chi connectivity index (χ2n) is 4.02. The molecule has 0 saturated carbocycles. The number of hydrogen-bond acceptors (Lipinski definition) is 3. The number of nitrogens with zero attached hydrogens (tertiary/aromatic N) is 4. The molecule has 0 aliphatic rings. The maximum atomic E-state index is 12.0. The number of carbonyl (C=O) groups is 1. The molecular weight excluding hydrogens is 218 g/mol. The Balaban J connectivity index is 2.23. The van der Waals surface area contributed by atoms with Gasteiger partial charge in [-0.05, 0) is 13.8 Å². The van der Waals surface area contributed by atoms with Crippen LogP contribution in [0.5, 0.6) is 0 Å². The number of rotatable bonds is 2. The van der Waals surface area contributed by atoms with Crippen LogP contribution in [0, 0.1) is 13.8 Å². The monoisotopic (exact) mass is 233 g/mol. The Bertz CT molecular complexity index is 566. The van der Waals surface area contributed by atoms with Crippen LogP contribution in [-0.4, -0.2) is 25.5 Å². The van der Waals surface area contributed by atoms with Gasteiger partial charge in [0.2, 0.25) is 0 Å². The quantitative estimate of drug-likeness (QED) is 0.842. The number of aryl methyl sites for hydroxylation is 3. The zero-order chi connectivity index (χ0) is 12.6. The standard InChI is InChI=1S/C11H15N5O/c1-7-10(6-15(3)14-7)13-11(17)9-5-12-16(4)8(9)2/h5-6H,1-4H3,(H,13,17). The van der Waals surface area contributed by atoms with Crippen molar-refractivity contribution < 1.29 is 4.79 Å². The van der Waals surface area contributed by atoms with Crippen LogP contribution in [0.25, 0.3) is 0 Å². The Hall–Kier alpha value is -2.11. The molecule has 2 rings (SSSR count). The molecule has 0 radical (unpaired) electrons. The molecule has 90 valence electrons. The van der Waals surface area contributed by atoms with Gasteiger partial charge in [0, 0.05) is 26.0 Å². The molecule has 0 unspecified atom stereocenters. The third kappa shape index (κ3) is 2.06. The van der Waals surface area contributed by atoms with E-state index < -0.39 is 0 Å². The number of carbonyl (C=O) groups excluding carboxylic acids is 1. The van der Waals surface area contributed by atoms with Crippen LogP contribution in [0.1, 0.15) is 21.7 Å². The molecule has 0 aromatic carbocycles. The Morgan fingerprint density at radius 2 is 2.06 bits per heavy atom. The minimum atomic E-state index is -0.160. The van der Waals surface area contributed by atoms with Gasteiger partial charge in [-0.2, -0.15) is 10.2 Å². The number of anilines is 1. The summed E-state index contributed by atoms with van der Waals surface area (Å²) in [6, 6.07) is 0. The van der Waals surface area contributed by atoms with E-state index in [-0.39, 0.29) is 5.91 Å². The molecule has 2 heterocycles. The lowest BCUT2D eigenvalue weighted by Gasteiger charge is -2.02. The van der Waals surface area contributed by atoms with Crippen molar-refractivity contribution in [2.75, 3.05) is 5.32 Å². The maximum absolute atomic E-state index is 12.0. The molecule has 0 aliphatic heterocycles. The molecule has 2 aromatic heterocycles. The van der Waals surface area contributed by atoms with Gasteiger partial charge in [-0.3, -0.25) is 14.2 Å². The van der Waals surface area contributed by atoms with Gasteiger partial charge in [-0.15, -0.1) is 0 Å². The summed E-state index contributed by atoms with van der Waals surface area (Å²) in [5, 5.41) is 11.0. The van der Waals surface area contributed by atoms with Gasteiger partial charge in [0.1, 0.15) is 0 Å². The Morgan fingerprint density at radius 3 is 2.53 bits per heavy atom. The normalized spacial score (nSPS) is 10.6. The van der Waals surface area contributed by atoms with Crippen molar-refractivity contribution in [3.8, 4) is 0 Å². The molecule has 6 nitrogen and oxygen atoms in total. The first kappa shape index (κ1) is 11.4. The molecule has 0 saturated heterocycles. The molecule has 17 heavy (non-hydrogen) atoms. The molecule has 6 heteroatoms. The van der Waals surface area contributed by atoms with Crippen molar-refractivity contribution in [3.63, 3.8) is 0 Å². The van der Waals surface area contributed by atoms with E-state index >= 15 is 0 Å². The second-order valence-corrected chi connectivity index (χ2v) is 4.02. The van der Waals surface area contributed by atoms with Crippen LogP contribution in [0.15, 0.2) is 12.4 Å². The lowest BCUT2D eigenvalue weighted by molar-refractivity contribution is 0.102. The van der Waals surface area contributed by atoms with E-state index in [4.69, 9.17) is 0 Å². The van der Waals surface area contributed by atoms with Crippen molar-refractivity contribution in [1.82, 2.24) is 19.6 Å². The van der Waals surface area contributed by atoms with E-state index in [0.29, 0.717) is 5.56 Å². The van der Waals surface area contributed by atoms with Gasteiger partial charge in [-0.25, -0.2) is 0 Å². The van der Waals surface area contributed by atoms with E-state index in [1.165, 1.54) is 0 Å². The molecule has 0 bridgehead atoms. The summed E-state index contributed by atoms with van der Waals surface area (Å²) in [7, 11) is 3.62. The maximum Gasteiger partial charge on any atom is 0.259 e. The fourth-order valence-corrected chi connectivity index (χ4v) is 1.63. The van der Waals surface area contributed by atoms with E-state index in [0.717, 1.165) is 17.1 Å². The largest absolute Gasteiger partial charge is 0.319 e. The summed E-state index contributed by atoms with van der Waals surface area (Å²) >= 11 is 0. The lowest BCUT2D eigenvalue weighted by atomic mass is 10.2. The van der Waals surface area contributed by atoms with Crippen LogP contribution >= 0.6 is 0 Å². The number of aromatic nitrogens is 4. The molecule has 0 fully saturated rings. The lowest BCUT2D eigenvalue weighted by Crippen LogP contribution is -2.13. The van der Waals surface area contributed by atoms with Crippen LogP contribution in [-0.2, 0) is 14.1 Å². The summed E-state index contributed by atoms with van der Waals surface area (Å²) in [6.07, 6.45) is 3.34. The predicted molar refractivity (Wildman–Crippen MR) is 63.8 cm³/mol. The van der Waals surface area contributed by atoms with E-state index in [1.807, 2.05) is 20.9 Å². The molecule has 1 amide bonds. The number of nitrogens with one attached hydrogen (secondary N) is 1. The highest BCUT2D eigenvalue weighted by molar-refractivity contribution is 6.05. The van der Waals surface area contributed by atoms with Crippen LogP contribution in [0.2, 0.25) is 0 Å². The SMILES string of the molecule is Cc1nn(C)cc1NC(=O)c1cnn(C)c1C. The molecule has 0 aliphatic carbocycles. The highest BCUT2D eigenvalue weighted by Gasteiger charge is 2.14. The van der Waals surface area contributed by atoms with Gasteiger partial charge in [0.15, 0.2) is 0 Å². The molecule has 2 aromatic rings. The summed E-state index contributed by atoms with van der Waals surface area (Å²) in [4.78, 5) is 12.0. The molecular formula is C11H15N5O. The first-order chi connectivity index (χ1) is 7.99. The fraction of sp³-hybridized carbons (Fsp3) is 0.364. The Kier molecular flexibility index (Phi) is 2.71. The average Bonchev–Trinajstić information content (AvgIpc) is 2.73. The van der Waals surface area contributed by atoms with Gasteiger partial charge < -0.3 is 5.32 Å². The Morgan fingerprint density at radius 1 is 1.35 bits per heavy atom. The number of hydrogen-bond donors (Lipinski definition) is 1. The highest BCUT2D eigenvalue weighted by atomic mass is 16.1. The van der Waals surface area contributed by atoms with Crippen LogP contribution in [0.3, 0.4) is 0 Å². The predicted octanol–water partition coefficient (Wildman–Crippen LogP) is 1.02. The number of amides is 1. The molecule has 0 spiro atoms. The summed E-state index contributed by atoms with van der Waals surface area (Å²) in [6.45, 7) is 3.71. The Labute approximate surface area is 99.2 Å². The summed E-state index contributed by atoms with van der Waals surface area (Å²) in [5.41, 5.74) is 2.93. The summed E-state index contributed by atoms with van der Waals surface area (Å²) < 4.78 is 3.34. The first-order valence-corrected chi connectivity index (χ1v) is 5.29. The molecule has 0 atom stereocenters. The van der Waals surface area contributed by atoms with E-state index in [1.54, 1.807) is 28.8 Å². The van der Waals surface area contributed by atoms with Crippen molar-refractivity contribution >= 4 is 11.6 Å². The van der Waals surface area contributed by atoms with Gasteiger partial charge in [0.05, 0.1) is 23.1 Å². The van der Waals surface area contributed by atoms with E-state index in [2.05, 4.69) is 15.5 Å². The second kappa shape index (κ2) is 4.04. The zero-order valence-electron chi connectivity index (χ0n) is 10.4. The average molecular weight is 233 g/mol. The van der Waals surface area contributed by atoms with Gasteiger partial charge in [-0.1, -0.05) is 0 Å². The highest BCUT2D eigenvalue weighted by Crippen LogP contribution is 2.14. The third-order valence-electron chi connectivity index (χ3n) is 2.74. The van der Waals surface area contributed by atoms with Crippen molar-refractivity contribution in [2.24, 2.45) is 14.1 Å². The topological polar surface area (TPSA) is 64.7 Å². The fourth-order valence-electron chi connectivity index (χ4n) is 1.63. The molecule has 1 N–H and O–H groups in total. The van der Waals surface area contributed by atoms with Crippen molar-refractivity contribution in [3.05, 3.63) is 29.3 Å². The first-order valence-electron chi connectivity index (χ1n) is 5.29. The minimum Gasteiger partial charge on any atom is -0.319 e. The van der Waals surface area contributed by atoms with Crippen LogP contribution in [0.4, 0.5) is 5.69 Å². The van der Waals surface area contributed by atoms with E-state index in [9.17, 15) is 4.79 Å². The van der Waals surface area contributed by atoms with Crippen molar-refractivity contribution in [1.29, 1.82) is 0 Å². The summed E-state index contributed by atoms with van der Waals surface area (Å²) in [5.74, 6) is -0.160. The third-order valence-corrected chi connectivity index (χ3v) is 2.74. The minimum absolute atomic E-state index is 0.160. The smallest absolute Gasteiger partial charge is 0.259 e. The zero-order valence-corrected chi connectivity index (χ0v) is 10.4. The van der Waals surface area contributed by atoms with Gasteiger partial charge >= 0.3 is 0 Å². The van der Waals surface area contributed by atoms with Crippen LogP contribution < -0.4 is 5.32 Å². The van der Waals surface area contributed by atoms with Gasteiger partial charge in [0.25, 0.3) is 5.91 Å². The van der Waals surface area contributed by atoms with Crippen molar-refractivity contribution in [2.45, 2.75) is 13.8 Å².